The number of halogens is 1. The molecule has 0 bridgehead atoms. The van der Waals surface area contributed by atoms with Crippen LogP contribution >= 0.6 is 12.4 Å². The summed E-state index contributed by atoms with van der Waals surface area (Å²) in [7, 11) is -2.02. The highest BCUT2D eigenvalue weighted by atomic mass is 35.5. The molecule has 1 aliphatic rings. The van der Waals surface area contributed by atoms with Gasteiger partial charge in [-0.3, -0.25) is 0 Å². The molecule has 114 valence electrons. The monoisotopic (exact) mass is 320 g/mol. The fourth-order valence-corrected chi connectivity index (χ4v) is 3.95. The Kier molecular flexibility index (Phi) is 5.82. The largest absolute Gasteiger partial charge is 0.495 e. The Morgan fingerprint density at radius 3 is 2.45 bits per heavy atom. The topological polar surface area (TPSA) is 72.6 Å². The van der Waals surface area contributed by atoms with Crippen molar-refractivity contribution in [3.05, 3.63) is 23.8 Å². The molecule has 0 saturated carbocycles. The van der Waals surface area contributed by atoms with E-state index in [0.29, 0.717) is 31.7 Å². The average molecular weight is 321 g/mol. The Bertz CT molecular complexity index is 555. The van der Waals surface area contributed by atoms with E-state index < -0.39 is 10.0 Å². The number of ether oxygens (including phenoxy) is 1. The molecule has 0 atom stereocenters. The first-order chi connectivity index (χ1) is 8.95. The van der Waals surface area contributed by atoms with Gasteiger partial charge in [-0.25, -0.2) is 8.42 Å². The lowest BCUT2D eigenvalue weighted by atomic mass is 10.1. The number of piperidine rings is 1. The maximum atomic E-state index is 12.6. The van der Waals surface area contributed by atoms with Crippen LogP contribution < -0.4 is 10.5 Å². The Hall–Kier alpha value is -0.820. The molecule has 7 heteroatoms. The third-order valence-corrected chi connectivity index (χ3v) is 5.36. The molecule has 1 aromatic carbocycles. The van der Waals surface area contributed by atoms with Gasteiger partial charge in [-0.2, -0.15) is 4.31 Å². The molecular weight excluding hydrogens is 300 g/mol. The number of benzene rings is 1. The SMILES string of the molecule is COc1ccc(C)cc1S(=O)(=O)N1CCC(N)CC1.Cl. The van der Waals surface area contributed by atoms with Gasteiger partial charge in [0, 0.05) is 19.1 Å². The molecule has 1 aromatic rings. The third kappa shape index (κ3) is 3.44. The van der Waals surface area contributed by atoms with E-state index in [0.717, 1.165) is 5.56 Å². The van der Waals surface area contributed by atoms with Gasteiger partial charge in [0.25, 0.3) is 0 Å². The van der Waals surface area contributed by atoms with E-state index in [1.807, 2.05) is 13.0 Å². The van der Waals surface area contributed by atoms with Crippen LogP contribution in [0, 0.1) is 6.92 Å². The van der Waals surface area contributed by atoms with E-state index in [1.165, 1.54) is 11.4 Å². The molecule has 0 aromatic heterocycles. The molecule has 0 aliphatic carbocycles. The lowest BCUT2D eigenvalue weighted by Gasteiger charge is -2.29. The van der Waals surface area contributed by atoms with Crippen molar-refractivity contribution in [1.29, 1.82) is 0 Å². The lowest BCUT2D eigenvalue weighted by Crippen LogP contribution is -2.42. The second-order valence-electron chi connectivity index (χ2n) is 4.90. The smallest absolute Gasteiger partial charge is 0.246 e. The average Bonchev–Trinajstić information content (AvgIpc) is 2.39. The van der Waals surface area contributed by atoms with Crippen LogP contribution in [0.25, 0.3) is 0 Å². The molecule has 1 fully saturated rings. The van der Waals surface area contributed by atoms with Crippen LogP contribution in [0.1, 0.15) is 18.4 Å². The molecular formula is C13H21ClN2O3S. The van der Waals surface area contributed by atoms with Crippen molar-refractivity contribution in [3.63, 3.8) is 0 Å². The molecule has 1 saturated heterocycles. The summed E-state index contributed by atoms with van der Waals surface area (Å²) >= 11 is 0. The predicted molar refractivity (Wildman–Crippen MR) is 80.9 cm³/mol. The number of methoxy groups -OCH3 is 1. The second kappa shape index (κ2) is 6.76. The molecule has 1 aliphatic heterocycles. The summed E-state index contributed by atoms with van der Waals surface area (Å²) in [6.45, 7) is 2.81. The fourth-order valence-electron chi connectivity index (χ4n) is 2.24. The maximum absolute atomic E-state index is 12.6. The van der Waals surface area contributed by atoms with E-state index in [9.17, 15) is 8.42 Å². The normalized spacial score (nSPS) is 17.6. The van der Waals surface area contributed by atoms with Gasteiger partial charge in [-0.05, 0) is 37.5 Å². The van der Waals surface area contributed by atoms with E-state index >= 15 is 0 Å². The maximum Gasteiger partial charge on any atom is 0.246 e. The van der Waals surface area contributed by atoms with Crippen molar-refractivity contribution in [2.75, 3.05) is 20.2 Å². The third-order valence-electron chi connectivity index (χ3n) is 3.44. The highest BCUT2D eigenvalue weighted by Gasteiger charge is 2.30. The molecule has 0 spiro atoms. The number of aryl methyl sites for hydroxylation is 1. The Balaban J connectivity index is 0.00000200. The van der Waals surface area contributed by atoms with E-state index in [-0.39, 0.29) is 23.3 Å². The molecule has 0 unspecified atom stereocenters. The minimum Gasteiger partial charge on any atom is -0.495 e. The van der Waals surface area contributed by atoms with Crippen LogP contribution in [0.15, 0.2) is 23.1 Å². The fraction of sp³-hybridized carbons (Fsp3) is 0.538. The number of hydrogen-bond acceptors (Lipinski definition) is 4. The van der Waals surface area contributed by atoms with Gasteiger partial charge in [0.2, 0.25) is 10.0 Å². The molecule has 2 N–H and O–H groups in total. The molecule has 2 rings (SSSR count). The van der Waals surface area contributed by atoms with Gasteiger partial charge in [0.05, 0.1) is 7.11 Å². The zero-order valence-corrected chi connectivity index (χ0v) is 13.3. The van der Waals surface area contributed by atoms with E-state index in [4.69, 9.17) is 10.5 Å². The lowest BCUT2D eigenvalue weighted by molar-refractivity contribution is 0.318. The van der Waals surface area contributed by atoms with Crippen molar-refractivity contribution in [2.45, 2.75) is 30.7 Å². The zero-order chi connectivity index (χ0) is 14.0. The van der Waals surface area contributed by atoms with Crippen LogP contribution in [-0.4, -0.2) is 39.0 Å². The number of nitrogens with zero attached hydrogens (tertiary/aromatic N) is 1. The van der Waals surface area contributed by atoms with Crippen LogP contribution in [0.2, 0.25) is 0 Å². The molecule has 5 nitrogen and oxygen atoms in total. The summed E-state index contributed by atoms with van der Waals surface area (Å²) in [5.41, 5.74) is 6.71. The number of nitrogens with two attached hydrogens (primary N) is 1. The van der Waals surface area contributed by atoms with Crippen molar-refractivity contribution < 1.29 is 13.2 Å². The van der Waals surface area contributed by atoms with Crippen molar-refractivity contribution >= 4 is 22.4 Å². The van der Waals surface area contributed by atoms with E-state index in [1.54, 1.807) is 12.1 Å². The Morgan fingerprint density at radius 2 is 1.90 bits per heavy atom. The second-order valence-corrected chi connectivity index (χ2v) is 6.80. The minimum atomic E-state index is -3.50. The number of sulfonamides is 1. The number of rotatable bonds is 3. The van der Waals surface area contributed by atoms with Crippen molar-refractivity contribution in [1.82, 2.24) is 4.31 Å². The van der Waals surface area contributed by atoms with Crippen molar-refractivity contribution in [3.8, 4) is 5.75 Å². The molecule has 1 heterocycles. The Labute approximate surface area is 126 Å². The molecule has 0 radical (unpaired) electrons. The van der Waals surface area contributed by atoms with Crippen LogP contribution in [0.3, 0.4) is 0 Å². The van der Waals surface area contributed by atoms with Crippen LogP contribution in [-0.2, 0) is 10.0 Å². The summed E-state index contributed by atoms with van der Waals surface area (Å²) in [5.74, 6) is 0.389. The summed E-state index contributed by atoms with van der Waals surface area (Å²) in [4.78, 5) is 0.241. The quantitative estimate of drug-likeness (QED) is 0.917. The highest BCUT2D eigenvalue weighted by molar-refractivity contribution is 7.89. The summed E-state index contributed by atoms with van der Waals surface area (Å²) in [6, 6.07) is 5.29. The summed E-state index contributed by atoms with van der Waals surface area (Å²) < 4.78 is 31.9. The Morgan fingerprint density at radius 1 is 1.30 bits per heavy atom. The van der Waals surface area contributed by atoms with Gasteiger partial charge < -0.3 is 10.5 Å². The molecule has 20 heavy (non-hydrogen) atoms. The minimum absolute atomic E-state index is 0. The molecule has 0 amide bonds. The van der Waals surface area contributed by atoms with Crippen LogP contribution in [0.4, 0.5) is 0 Å². The summed E-state index contributed by atoms with van der Waals surface area (Å²) in [6.07, 6.45) is 1.40. The predicted octanol–water partition coefficient (Wildman–Crippen LogP) is 1.54. The van der Waals surface area contributed by atoms with Gasteiger partial charge in [0.15, 0.2) is 0 Å². The highest BCUT2D eigenvalue weighted by Crippen LogP contribution is 2.29. The summed E-state index contributed by atoms with van der Waals surface area (Å²) in [5, 5.41) is 0. The zero-order valence-electron chi connectivity index (χ0n) is 11.7. The first-order valence-corrected chi connectivity index (χ1v) is 7.79. The van der Waals surface area contributed by atoms with Gasteiger partial charge in [0.1, 0.15) is 10.6 Å². The van der Waals surface area contributed by atoms with Crippen LogP contribution in [0.5, 0.6) is 5.75 Å². The van der Waals surface area contributed by atoms with E-state index in [2.05, 4.69) is 0 Å². The van der Waals surface area contributed by atoms with Gasteiger partial charge in [-0.15, -0.1) is 12.4 Å². The number of hydrogen-bond donors (Lipinski definition) is 1. The first kappa shape index (κ1) is 17.2. The standard InChI is InChI=1S/C13H20N2O3S.ClH/c1-10-3-4-12(18-2)13(9-10)19(16,17)15-7-5-11(14)6-8-15;/h3-4,9,11H,5-8,14H2,1-2H3;1H. The van der Waals surface area contributed by atoms with Gasteiger partial charge in [-0.1, -0.05) is 6.07 Å². The van der Waals surface area contributed by atoms with Gasteiger partial charge >= 0.3 is 0 Å². The first-order valence-electron chi connectivity index (χ1n) is 6.35. The van der Waals surface area contributed by atoms with Crippen molar-refractivity contribution in [2.24, 2.45) is 5.73 Å².